The fourth-order valence-corrected chi connectivity index (χ4v) is 2.93. The number of benzene rings is 3. The SMILES string of the molecule is COc1cc(/C=N\OCc2cccc([N+](=O)[O-])c2)cc(Cl)c1OCc1ccccc1. The number of non-ortho nitro benzene ring substituents is 1. The number of hydrogen-bond donors (Lipinski definition) is 0. The van der Waals surface area contributed by atoms with E-state index < -0.39 is 4.92 Å². The molecule has 7 nitrogen and oxygen atoms in total. The predicted octanol–water partition coefficient (Wildman–Crippen LogP) is 5.39. The van der Waals surface area contributed by atoms with Crippen molar-refractivity contribution in [3.05, 3.63) is 98.6 Å². The summed E-state index contributed by atoms with van der Waals surface area (Å²) in [5.74, 6) is 0.913. The summed E-state index contributed by atoms with van der Waals surface area (Å²) in [6, 6.07) is 19.3. The second-order valence-corrected chi connectivity index (χ2v) is 6.65. The zero-order valence-electron chi connectivity index (χ0n) is 16.2. The van der Waals surface area contributed by atoms with Crippen LogP contribution in [-0.2, 0) is 18.1 Å². The Morgan fingerprint density at radius 1 is 1.03 bits per heavy atom. The molecule has 0 aliphatic heterocycles. The van der Waals surface area contributed by atoms with E-state index in [4.69, 9.17) is 25.9 Å². The Balaban J connectivity index is 1.64. The first-order valence-corrected chi connectivity index (χ1v) is 9.37. The number of nitro benzene ring substituents is 1. The molecule has 0 aromatic heterocycles. The van der Waals surface area contributed by atoms with E-state index in [1.165, 1.54) is 25.5 Å². The zero-order chi connectivity index (χ0) is 21.3. The summed E-state index contributed by atoms with van der Waals surface area (Å²) in [5, 5.41) is 15.1. The highest BCUT2D eigenvalue weighted by Crippen LogP contribution is 2.36. The van der Waals surface area contributed by atoms with Crippen LogP contribution in [0.3, 0.4) is 0 Å². The molecule has 0 fully saturated rings. The normalized spacial score (nSPS) is 10.7. The van der Waals surface area contributed by atoms with Crippen molar-refractivity contribution in [1.82, 2.24) is 0 Å². The summed E-state index contributed by atoms with van der Waals surface area (Å²) < 4.78 is 11.2. The highest BCUT2D eigenvalue weighted by molar-refractivity contribution is 6.32. The third-order valence-corrected chi connectivity index (χ3v) is 4.39. The number of methoxy groups -OCH3 is 1. The summed E-state index contributed by atoms with van der Waals surface area (Å²) in [5.41, 5.74) is 2.31. The third-order valence-electron chi connectivity index (χ3n) is 4.11. The van der Waals surface area contributed by atoms with Gasteiger partial charge in [0.1, 0.15) is 13.2 Å². The molecule has 0 unspecified atom stereocenters. The topological polar surface area (TPSA) is 83.2 Å². The average molecular weight is 427 g/mol. The van der Waals surface area contributed by atoms with Crippen LogP contribution in [0.4, 0.5) is 5.69 Å². The Bertz CT molecular complexity index is 1040. The first-order valence-electron chi connectivity index (χ1n) is 8.99. The lowest BCUT2D eigenvalue weighted by atomic mass is 10.2. The summed E-state index contributed by atoms with van der Waals surface area (Å²) in [4.78, 5) is 15.6. The molecule has 3 rings (SSSR count). The molecule has 0 amide bonds. The lowest BCUT2D eigenvalue weighted by Crippen LogP contribution is -1.99. The number of hydrogen-bond acceptors (Lipinski definition) is 6. The first kappa shape index (κ1) is 21.1. The van der Waals surface area contributed by atoms with Crippen LogP contribution in [-0.4, -0.2) is 18.2 Å². The van der Waals surface area contributed by atoms with Gasteiger partial charge in [-0.2, -0.15) is 0 Å². The van der Waals surface area contributed by atoms with Crippen LogP contribution < -0.4 is 9.47 Å². The molecule has 0 spiro atoms. The quantitative estimate of drug-likeness (QED) is 0.260. The number of rotatable bonds is 9. The Hall–Kier alpha value is -3.58. The van der Waals surface area contributed by atoms with Crippen LogP contribution in [0.1, 0.15) is 16.7 Å². The van der Waals surface area contributed by atoms with Gasteiger partial charge in [0.15, 0.2) is 11.5 Å². The summed E-state index contributed by atoms with van der Waals surface area (Å²) in [6.07, 6.45) is 1.48. The molecular weight excluding hydrogens is 408 g/mol. The smallest absolute Gasteiger partial charge is 0.269 e. The Labute approximate surface area is 178 Å². The lowest BCUT2D eigenvalue weighted by Gasteiger charge is -2.13. The Morgan fingerprint density at radius 2 is 1.80 bits per heavy atom. The molecule has 0 bridgehead atoms. The molecule has 8 heteroatoms. The van der Waals surface area contributed by atoms with Crippen molar-refractivity contribution in [1.29, 1.82) is 0 Å². The van der Waals surface area contributed by atoms with E-state index >= 15 is 0 Å². The van der Waals surface area contributed by atoms with Gasteiger partial charge in [0, 0.05) is 17.7 Å². The average Bonchev–Trinajstić information content (AvgIpc) is 2.76. The summed E-state index contributed by atoms with van der Waals surface area (Å²) in [6.45, 7) is 0.456. The van der Waals surface area contributed by atoms with E-state index in [1.54, 1.807) is 24.3 Å². The highest BCUT2D eigenvalue weighted by atomic mass is 35.5. The van der Waals surface area contributed by atoms with Crippen molar-refractivity contribution in [3.8, 4) is 11.5 Å². The van der Waals surface area contributed by atoms with E-state index in [-0.39, 0.29) is 12.3 Å². The van der Waals surface area contributed by atoms with Crippen molar-refractivity contribution in [3.63, 3.8) is 0 Å². The van der Waals surface area contributed by atoms with Crippen LogP contribution >= 0.6 is 11.6 Å². The van der Waals surface area contributed by atoms with Crippen LogP contribution in [0.2, 0.25) is 5.02 Å². The first-order chi connectivity index (χ1) is 14.6. The van der Waals surface area contributed by atoms with E-state index in [0.29, 0.717) is 34.3 Å². The molecule has 0 aliphatic carbocycles. The maximum Gasteiger partial charge on any atom is 0.269 e. The van der Waals surface area contributed by atoms with Crippen molar-refractivity contribution < 1.29 is 19.2 Å². The molecular formula is C22H19ClN2O5. The molecule has 3 aromatic rings. The minimum absolute atomic E-state index is 0.00249. The number of halogens is 1. The van der Waals surface area contributed by atoms with Crippen molar-refractivity contribution in [2.75, 3.05) is 7.11 Å². The van der Waals surface area contributed by atoms with Crippen molar-refractivity contribution in [2.45, 2.75) is 13.2 Å². The number of nitro groups is 1. The van der Waals surface area contributed by atoms with E-state index in [0.717, 1.165) is 5.56 Å². The van der Waals surface area contributed by atoms with Gasteiger partial charge in [0.25, 0.3) is 5.69 Å². The summed E-state index contributed by atoms with van der Waals surface area (Å²) in [7, 11) is 1.53. The fraction of sp³-hybridized carbons (Fsp3) is 0.136. The van der Waals surface area contributed by atoms with Gasteiger partial charge < -0.3 is 14.3 Å². The summed E-state index contributed by atoms with van der Waals surface area (Å²) >= 11 is 6.36. The van der Waals surface area contributed by atoms with Crippen LogP contribution in [0.15, 0.2) is 71.9 Å². The van der Waals surface area contributed by atoms with Crippen LogP contribution in [0.25, 0.3) is 0 Å². The molecule has 0 saturated carbocycles. The van der Waals surface area contributed by atoms with E-state index in [2.05, 4.69) is 5.16 Å². The predicted molar refractivity (Wildman–Crippen MR) is 114 cm³/mol. The minimum atomic E-state index is -0.456. The maximum atomic E-state index is 10.8. The Kier molecular flexibility index (Phi) is 7.24. The fourth-order valence-electron chi connectivity index (χ4n) is 2.65. The van der Waals surface area contributed by atoms with E-state index in [9.17, 15) is 10.1 Å². The zero-order valence-corrected chi connectivity index (χ0v) is 16.9. The molecule has 154 valence electrons. The molecule has 30 heavy (non-hydrogen) atoms. The van der Waals surface area contributed by atoms with E-state index in [1.807, 2.05) is 30.3 Å². The molecule has 0 saturated heterocycles. The van der Waals surface area contributed by atoms with Gasteiger partial charge in [-0.15, -0.1) is 0 Å². The number of ether oxygens (including phenoxy) is 2. The van der Waals surface area contributed by atoms with Crippen LogP contribution in [0.5, 0.6) is 11.5 Å². The number of nitrogens with zero attached hydrogens (tertiary/aromatic N) is 2. The lowest BCUT2D eigenvalue weighted by molar-refractivity contribution is -0.384. The van der Waals surface area contributed by atoms with Gasteiger partial charge in [-0.25, -0.2) is 0 Å². The van der Waals surface area contributed by atoms with Crippen molar-refractivity contribution in [2.24, 2.45) is 5.16 Å². The second kappa shape index (κ2) is 10.3. The van der Waals surface area contributed by atoms with Crippen LogP contribution in [0, 0.1) is 10.1 Å². The van der Waals surface area contributed by atoms with Gasteiger partial charge in [-0.3, -0.25) is 10.1 Å². The minimum Gasteiger partial charge on any atom is -0.493 e. The standard InChI is InChI=1S/C22H19ClN2O5/c1-28-21-12-18(11-20(23)22(21)29-14-16-6-3-2-4-7-16)13-24-30-15-17-8-5-9-19(10-17)25(26)27/h2-13H,14-15H2,1H3/b24-13-. The highest BCUT2D eigenvalue weighted by Gasteiger charge is 2.12. The molecule has 0 heterocycles. The van der Waals surface area contributed by atoms with Gasteiger partial charge in [-0.1, -0.05) is 59.2 Å². The van der Waals surface area contributed by atoms with Gasteiger partial charge >= 0.3 is 0 Å². The third kappa shape index (κ3) is 5.71. The largest absolute Gasteiger partial charge is 0.493 e. The second-order valence-electron chi connectivity index (χ2n) is 6.24. The maximum absolute atomic E-state index is 10.8. The Morgan fingerprint density at radius 3 is 2.53 bits per heavy atom. The molecule has 0 aliphatic rings. The molecule has 0 N–H and O–H groups in total. The van der Waals surface area contributed by atoms with Crippen molar-refractivity contribution >= 4 is 23.5 Å². The van der Waals surface area contributed by atoms with Gasteiger partial charge in [0.05, 0.1) is 23.3 Å². The molecule has 0 atom stereocenters. The van der Waals surface area contributed by atoms with Gasteiger partial charge in [-0.05, 0) is 23.3 Å². The molecule has 0 radical (unpaired) electrons. The number of oxime groups is 1. The monoisotopic (exact) mass is 426 g/mol. The van der Waals surface area contributed by atoms with Gasteiger partial charge in [0.2, 0.25) is 0 Å². The molecule has 3 aromatic carbocycles.